The summed E-state index contributed by atoms with van der Waals surface area (Å²) < 4.78 is 5.24. The Balaban J connectivity index is 0.00000261. The average Bonchev–Trinajstić information content (AvgIpc) is 3.21. The monoisotopic (exact) mass is 488 g/mol. The van der Waals surface area contributed by atoms with Crippen LogP contribution in [0.5, 0.6) is 0 Å². The van der Waals surface area contributed by atoms with Crippen LogP contribution in [0.25, 0.3) is 0 Å². The molecule has 0 radical (unpaired) electrons. The van der Waals surface area contributed by atoms with Crippen molar-refractivity contribution in [2.75, 3.05) is 39.3 Å². The predicted molar refractivity (Wildman–Crippen MR) is 119 cm³/mol. The van der Waals surface area contributed by atoms with Crippen LogP contribution in [0.3, 0.4) is 0 Å². The first-order valence-corrected chi connectivity index (χ1v) is 10.0. The van der Waals surface area contributed by atoms with Gasteiger partial charge in [-0.3, -0.25) is 9.79 Å². The van der Waals surface area contributed by atoms with Gasteiger partial charge in [0.05, 0.1) is 6.26 Å². The Morgan fingerprint density at radius 1 is 1.22 bits per heavy atom. The maximum absolute atomic E-state index is 12.4. The van der Waals surface area contributed by atoms with Crippen molar-refractivity contribution in [1.82, 2.24) is 15.1 Å². The molecule has 1 amide bonds. The van der Waals surface area contributed by atoms with Crippen molar-refractivity contribution in [2.24, 2.45) is 16.8 Å². The van der Waals surface area contributed by atoms with Crippen molar-refractivity contribution < 1.29 is 9.21 Å². The van der Waals surface area contributed by atoms with Crippen molar-refractivity contribution in [3.63, 3.8) is 0 Å². The third-order valence-corrected chi connectivity index (χ3v) is 5.70. The predicted octanol–water partition coefficient (Wildman–Crippen LogP) is 3.45. The zero-order valence-electron chi connectivity index (χ0n) is 16.5. The molecule has 2 aliphatic rings. The van der Waals surface area contributed by atoms with Crippen LogP contribution in [0.15, 0.2) is 27.8 Å². The zero-order valence-corrected chi connectivity index (χ0v) is 18.9. The highest BCUT2D eigenvalue weighted by Crippen LogP contribution is 2.29. The number of halogens is 1. The minimum absolute atomic E-state index is 0. The Morgan fingerprint density at radius 3 is 2.56 bits per heavy atom. The molecule has 2 fully saturated rings. The summed E-state index contributed by atoms with van der Waals surface area (Å²) in [6.07, 6.45) is 6.90. The van der Waals surface area contributed by atoms with Gasteiger partial charge in [0.25, 0.3) is 5.91 Å². The molecule has 1 saturated heterocycles. The molecule has 2 atom stereocenters. The van der Waals surface area contributed by atoms with Crippen LogP contribution in [0.2, 0.25) is 0 Å². The summed E-state index contributed by atoms with van der Waals surface area (Å²) in [5.74, 6) is 2.88. The second-order valence-electron chi connectivity index (χ2n) is 7.47. The first-order valence-electron chi connectivity index (χ1n) is 10.0. The lowest BCUT2D eigenvalue weighted by Gasteiger charge is -2.36. The smallest absolute Gasteiger partial charge is 0.289 e. The minimum Gasteiger partial charge on any atom is -0.459 e. The Kier molecular flexibility index (Phi) is 8.92. The summed E-state index contributed by atoms with van der Waals surface area (Å²) in [4.78, 5) is 21.5. The van der Waals surface area contributed by atoms with E-state index in [0.29, 0.717) is 24.8 Å². The van der Waals surface area contributed by atoms with E-state index in [-0.39, 0.29) is 29.9 Å². The molecule has 0 aromatic carbocycles. The number of nitrogens with zero attached hydrogens (tertiary/aromatic N) is 3. The van der Waals surface area contributed by atoms with Crippen LogP contribution in [-0.4, -0.2) is 60.9 Å². The molecule has 152 valence electrons. The summed E-state index contributed by atoms with van der Waals surface area (Å²) in [5.41, 5.74) is 0. The number of aliphatic imine (C=N–C) groups is 1. The SMILES string of the molecule is CCNC(=NCC1CCCCC1C)N1CCN(C(=O)c2ccco2)CC1.I. The lowest BCUT2D eigenvalue weighted by molar-refractivity contribution is 0.0657. The fraction of sp³-hybridized carbons (Fsp3) is 0.700. The van der Waals surface area contributed by atoms with Gasteiger partial charge >= 0.3 is 0 Å². The number of nitrogens with one attached hydrogen (secondary N) is 1. The van der Waals surface area contributed by atoms with E-state index in [4.69, 9.17) is 9.41 Å². The average molecular weight is 488 g/mol. The fourth-order valence-electron chi connectivity index (χ4n) is 3.97. The lowest BCUT2D eigenvalue weighted by Crippen LogP contribution is -2.53. The van der Waals surface area contributed by atoms with Gasteiger partial charge in [0.2, 0.25) is 0 Å². The highest BCUT2D eigenvalue weighted by Gasteiger charge is 2.26. The Morgan fingerprint density at radius 2 is 1.93 bits per heavy atom. The van der Waals surface area contributed by atoms with Gasteiger partial charge in [-0.2, -0.15) is 0 Å². The molecular weight excluding hydrogens is 455 g/mol. The molecule has 2 heterocycles. The molecule has 1 saturated carbocycles. The van der Waals surface area contributed by atoms with Crippen molar-refractivity contribution in [1.29, 1.82) is 0 Å². The van der Waals surface area contributed by atoms with Crippen molar-refractivity contribution in [3.8, 4) is 0 Å². The summed E-state index contributed by atoms with van der Waals surface area (Å²) in [5, 5.41) is 3.43. The summed E-state index contributed by atoms with van der Waals surface area (Å²) in [7, 11) is 0. The maximum Gasteiger partial charge on any atom is 0.289 e. The van der Waals surface area contributed by atoms with E-state index in [1.165, 1.54) is 25.7 Å². The molecule has 27 heavy (non-hydrogen) atoms. The zero-order chi connectivity index (χ0) is 18.4. The van der Waals surface area contributed by atoms with E-state index in [1.807, 2.05) is 4.90 Å². The van der Waals surface area contributed by atoms with Crippen LogP contribution in [0.1, 0.15) is 50.1 Å². The van der Waals surface area contributed by atoms with E-state index >= 15 is 0 Å². The van der Waals surface area contributed by atoms with Crippen molar-refractivity contribution >= 4 is 35.8 Å². The summed E-state index contributed by atoms with van der Waals surface area (Å²) in [6.45, 7) is 9.25. The van der Waals surface area contributed by atoms with Crippen molar-refractivity contribution in [2.45, 2.75) is 39.5 Å². The van der Waals surface area contributed by atoms with Crippen LogP contribution >= 0.6 is 24.0 Å². The number of furan rings is 1. The summed E-state index contributed by atoms with van der Waals surface area (Å²) >= 11 is 0. The molecule has 1 aromatic heterocycles. The van der Waals surface area contributed by atoms with Crippen molar-refractivity contribution in [3.05, 3.63) is 24.2 Å². The number of hydrogen-bond donors (Lipinski definition) is 1. The van der Waals surface area contributed by atoms with E-state index in [1.54, 1.807) is 18.4 Å². The molecule has 7 heteroatoms. The normalized spacial score (nSPS) is 23.7. The molecule has 3 rings (SSSR count). The van der Waals surface area contributed by atoms with Gasteiger partial charge in [0, 0.05) is 39.3 Å². The molecule has 1 aromatic rings. The Hall–Kier alpha value is -1.25. The van der Waals surface area contributed by atoms with Crippen LogP contribution in [0.4, 0.5) is 0 Å². The molecule has 2 unspecified atom stereocenters. The maximum atomic E-state index is 12.4. The second-order valence-corrected chi connectivity index (χ2v) is 7.47. The molecular formula is C20H33IN4O2. The minimum atomic E-state index is -0.0207. The Bertz CT molecular complexity index is 597. The van der Waals surface area contributed by atoms with Crippen LogP contribution in [0, 0.1) is 11.8 Å². The first-order chi connectivity index (χ1) is 12.7. The molecule has 1 N–H and O–H groups in total. The molecule has 0 bridgehead atoms. The number of carbonyl (C=O) groups is 1. The quantitative estimate of drug-likeness (QED) is 0.401. The highest BCUT2D eigenvalue weighted by atomic mass is 127. The van der Waals surface area contributed by atoms with Gasteiger partial charge in [-0.1, -0.05) is 26.2 Å². The number of piperazine rings is 1. The topological polar surface area (TPSA) is 61.1 Å². The standard InChI is InChI=1S/C20H32N4O2.HI/c1-3-21-20(22-15-17-8-5-4-7-16(17)2)24-12-10-23(11-13-24)19(25)18-9-6-14-26-18;/h6,9,14,16-17H,3-5,7-8,10-13,15H2,1-2H3,(H,21,22);1H. The molecule has 1 aliphatic heterocycles. The van der Waals surface area contributed by atoms with Gasteiger partial charge in [0.15, 0.2) is 11.7 Å². The number of amides is 1. The van der Waals surface area contributed by atoms with E-state index in [2.05, 4.69) is 24.1 Å². The van der Waals surface area contributed by atoms with Gasteiger partial charge in [-0.05, 0) is 37.3 Å². The van der Waals surface area contributed by atoms with Gasteiger partial charge in [-0.25, -0.2) is 0 Å². The summed E-state index contributed by atoms with van der Waals surface area (Å²) in [6, 6.07) is 3.48. The first kappa shape index (κ1) is 22.0. The molecule has 1 aliphatic carbocycles. The number of carbonyl (C=O) groups excluding carboxylic acids is 1. The Labute approximate surface area is 179 Å². The van der Waals surface area contributed by atoms with E-state index in [0.717, 1.165) is 38.1 Å². The number of rotatable bonds is 4. The molecule has 0 spiro atoms. The van der Waals surface area contributed by atoms with Crippen LogP contribution in [-0.2, 0) is 0 Å². The number of guanidine groups is 1. The van der Waals surface area contributed by atoms with Gasteiger partial charge in [-0.15, -0.1) is 24.0 Å². The van der Waals surface area contributed by atoms with Crippen LogP contribution < -0.4 is 5.32 Å². The third kappa shape index (κ3) is 5.86. The molecule has 6 nitrogen and oxygen atoms in total. The highest BCUT2D eigenvalue weighted by molar-refractivity contribution is 14.0. The lowest BCUT2D eigenvalue weighted by atomic mass is 9.80. The van der Waals surface area contributed by atoms with Gasteiger partial charge < -0.3 is 19.5 Å². The van der Waals surface area contributed by atoms with E-state index in [9.17, 15) is 4.79 Å². The van der Waals surface area contributed by atoms with Gasteiger partial charge in [0.1, 0.15) is 0 Å². The fourth-order valence-corrected chi connectivity index (χ4v) is 3.97. The number of hydrogen-bond acceptors (Lipinski definition) is 3. The second kappa shape index (κ2) is 10.9. The van der Waals surface area contributed by atoms with E-state index < -0.39 is 0 Å². The largest absolute Gasteiger partial charge is 0.459 e. The third-order valence-electron chi connectivity index (χ3n) is 5.70.